The molecule has 36 heavy (non-hydrogen) atoms. The Balaban J connectivity index is 1.61. The van der Waals surface area contributed by atoms with Gasteiger partial charge in [0.2, 0.25) is 5.82 Å². The third-order valence-corrected chi connectivity index (χ3v) is 6.38. The van der Waals surface area contributed by atoms with Crippen LogP contribution in [0.1, 0.15) is 41.1 Å². The van der Waals surface area contributed by atoms with E-state index >= 15 is 0 Å². The maximum absolute atomic E-state index is 13.4. The van der Waals surface area contributed by atoms with E-state index in [9.17, 15) is 4.79 Å². The van der Waals surface area contributed by atoms with Gasteiger partial charge in [0.15, 0.2) is 0 Å². The van der Waals surface area contributed by atoms with E-state index in [0.717, 1.165) is 39.1 Å². The van der Waals surface area contributed by atoms with Crippen molar-refractivity contribution in [3.05, 3.63) is 107 Å². The van der Waals surface area contributed by atoms with Gasteiger partial charge in [-0.1, -0.05) is 70.9 Å². The molecule has 1 N–H and O–H groups in total. The van der Waals surface area contributed by atoms with Crippen molar-refractivity contribution in [3.8, 4) is 17.1 Å². The number of hydrogen-bond acceptors (Lipinski definition) is 5. The van der Waals surface area contributed by atoms with E-state index in [1.54, 1.807) is 12.0 Å². The average Bonchev–Trinajstić information content (AvgIpc) is 3.36. The van der Waals surface area contributed by atoms with E-state index in [0.29, 0.717) is 24.0 Å². The van der Waals surface area contributed by atoms with Gasteiger partial charge in [-0.2, -0.15) is 4.98 Å². The molecular weight excluding hydrogens is 452 g/mol. The van der Waals surface area contributed by atoms with Crippen LogP contribution in [0.4, 0.5) is 4.79 Å². The van der Waals surface area contributed by atoms with Crippen LogP contribution in [0.25, 0.3) is 17.0 Å². The normalized spacial score (nSPS) is 15.7. The topological polar surface area (TPSA) is 80.5 Å². The van der Waals surface area contributed by atoms with Crippen molar-refractivity contribution in [1.82, 2.24) is 20.4 Å². The summed E-state index contributed by atoms with van der Waals surface area (Å²) in [4.78, 5) is 19.8. The molecule has 0 aliphatic carbocycles. The number of aryl methyl sites for hydroxylation is 2. The molecule has 7 heteroatoms. The van der Waals surface area contributed by atoms with Crippen LogP contribution in [0.15, 0.2) is 83.0 Å². The Morgan fingerprint density at radius 1 is 0.972 bits per heavy atom. The number of ether oxygens (including phenoxy) is 1. The minimum atomic E-state index is -0.479. The predicted octanol–water partition coefficient (Wildman–Crippen LogP) is 6.06. The van der Waals surface area contributed by atoms with Crippen molar-refractivity contribution in [2.75, 3.05) is 7.11 Å². The first-order valence-corrected chi connectivity index (χ1v) is 11.8. The van der Waals surface area contributed by atoms with Crippen LogP contribution in [-0.4, -0.2) is 28.2 Å². The van der Waals surface area contributed by atoms with Crippen molar-refractivity contribution in [2.45, 2.75) is 33.4 Å². The second kappa shape index (κ2) is 9.70. The van der Waals surface area contributed by atoms with E-state index in [2.05, 4.69) is 16.5 Å². The zero-order chi connectivity index (χ0) is 25.2. The van der Waals surface area contributed by atoms with E-state index < -0.39 is 6.04 Å². The van der Waals surface area contributed by atoms with Gasteiger partial charge in [-0.3, -0.25) is 4.90 Å². The molecule has 1 atom stereocenters. The Labute approximate surface area is 210 Å². The molecule has 7 nitrogen and oxygen atoms in total. The largest absolute Gasteiger partial charge is 0.497 e. The summed E-state index contributed by atoms with van der Waals surface area (Å²) in [5.41, 5.74) is 6.53. The summed E-state index contributed by atoms with van der Waals surface area (Å²) in [6.07, 6.45) is 0. The zero-order valence-electron chi connectivity index (χ0n) is 20.8. The molecule has 2 amide bonds. The third-order valence-electron chi connectivity index (χ3n) is 6.38. The fraction of sp³-hybridized carbons (Fsp3) is 0.207. The third kappa shape index (κ3) is 4.60. The summed E-state index contributed by atoms with van der Waals surface area (Å²) in [7, 11) is 1.62. The van der Waals surface area contributed by atoms with Crippen molar-refractivity contribution < 1.29 is 14.1 Å². The maximum Gasteiger partial charge on any atom is 0.322 e. The minimum Gasteiger partial charge on any atom is -0.497 e. The van der Waals surface area contributed by atoms with Gasteiger partial charge in [0.25, 0.3) is 5.89 Å². The minimum absolute atomic E-state index is 0.191. The highest BCUT2D eigenvalue weighted by Gasteiger charge is 2.36. The first kappa shape index (κ1) is 23.4. The van der Waals surface area contributed by atoms with Gasteiger partial charge < -0.3 is 14.6 Å². The molecule has 2 heterocycles. The standard InChI is InChI=1S/C29H28N4O3/c1-18-8-5-10-21(14-18)17-33-20(3)25(26(30-29(33)34)22-11-7-13-24(16-22)35-4)28-31-27(32-36-28)23-12-6-9-19(2)15-23/h5-16,26H,17H2,1-4H3,(H,30,34). The number of hydrogen-bond donors (Lipinski definition) is 1. The molecule has 0 fully saturated rings. The van der Waals surface area contributed by atoms with Crippen molar-refractivity contribution in [1.29, 1.82) is 0 Å². The Morgan fingerprint density at radius 2 is 1.72 bits per heavy atom. The Bertz CT molecular complexity index is 1460. The molecule has 1 aliphatic rings. The summed E-state index contributed by atoms with van der Waals surface area (Å²) < 4.78 is 11.2. The van der Waals surface area contributed by atoms with Crippen LogP contribution in [0, 0.1) is 13.8 Å². The molecule has 0 radical (unpaired) electrons. The first-order chi connectivity index (χ1) is 17.4. The quantitative estimate of drug-likeness (QED) is 0.363. The van der Waals surface area contributed by atoms with Gasteiger partial charge in [0, 0.05) is 11.3 Å². The molecule has 3 aromatic carbocycles. The molecule has 0 saturated heterocycles. The fourth-order valence-electron chi connectivity index (χ4n) is 4.55. The second-order valence-electron chi connectivity index (χ2n) is 9.03. The Hall–Kier alpha value is -4.39. The number of aromatic nitrogens is 2. The van der Waals surface area contributed by atoms with E-state index in [-0.39, 0.29) is 6.03 Å². The van der Waals surface area contributed by atoms with Gasteiger partial charge in [-0.25, -0.2) is 4.79 Å². The van der Waals surface area contributed by atoms with Crippen LogP contribution in [-0.2, 0) is 6.54 Å². The molecular formula is C29H28N4O3. The van der Waals surface area contributed by atoms with Crippen molar-refractivity contribution >= 4 is 11.6 Å². The molecule has 0 spiro atoms. The number of nitrogens with zero attached hydrogens (tertiary/aromatic N) is 3. The van der Waals surface area contributed by atoms with Gasteiger partial charge in [0.1, 0.15) is 5.75 Å². The molecule has 1 aromatic heterocycles. The fourth-order valence-corrected chi connectivity index (χ4v) is 4.55. The van der Waals surface area contributed by atoms with Crippen LogP contribution in [0.2, 0.25) is 0 Å². The summed E-state index contributed by atoms with van der Waals surface area (Å²) in [5.74, 6) is 1.57. The summed E-state index contributed by atoms with van der Waals surface area (Å²) in [6, 6.07) is 23.1. The number of methoxy groups -OCH3 is 1. The van der Waals surface area contributed by atoms with Gasteiger partial charge in [-0.05, 0) is 50.1 Å². The lowest BCUT2D eigenvalue weighted by atomic mass is 9.94. The van der Waals surface area contributed by atoms with Crippen LogP contribution in [0.5, 0.6) is 5.75 Å². The summed E-state index contributed by atoms with van der Waals surface area (Å²) in [5, 5.41) is 7.41. The Kier molecular flexibility index (Phi) is 6.29. The smallest absolute Gasteiger partial charge is 0.322 e. The lowest BCUT2D eigenvalue weighted by molar-refractivity contribution is 0.203. The van der Waals surface area contributed by atoms with E-state index in [1.807, 2.05) is 87.5 Å². The molecule has 5 rings (SSSR count). The van der Waals surface area contributed by atoms with Crippen LogP contribution >= 0.6 is 0 Å². The molecule has 182 valence electrons. The molecule has 1 aliphatic heterocycles. The monoisotopic (exact) mass is 480 g/mol. The summed E-state index contributed by atoms with van der Waals surface area (Å²) in [6.45, 7) is 6.41. The predicted molar refractivity (Wildman–Crippen MR) is 138 cm³/mol. The highest BCUT2D eigenvalue weighted by atomic mass is 16.5. The number of urea groups is 1. The number of nitrogens with one attached hydrogen (secondary N) is 1. The zero-order valence-corrected chi connectivity index (χ0v) is 20.8. The lowest BCUT2D eigenvalue weighted by Crippen LogP contribution is -2.45. The van der Waals surface area contributed by atoms with Crippen molar-refractivity contribution in [2.24, 2.45) is 0 Å². The van der Waals surface area contributed by atoms with E-state index in [1.165, 1.54) is 0 Å². The number of carbonyl (C=O) groups is 1. The highest BCUT2D eigenvalue weighted by Crippen LogP contribution is 2.38. The van der Waals surface area contributed by atoms with Gasteiger partial charge in [-0.15, -0.1) is 0 Å². The lowest BCUT2D eigenvalue weighted by Gasteiger charge is -2.35. The molecule has 4 aromatic rings. The number of rotatable bonds is 6. The SMILES string of the molecule is COc1cccc(C2NC(=O)N(Cc3cccc(C)c3)C(C)=C2c2nc(-c3cccc(C)c3)no2)c1. The maximum atomic E-state index is 13.4. The van der Waals surface area contributed by atoms with Crippen molar-refractivity contribution in [3.63, 3.8) is 0 Å². The number of carbonyl (C=O) groups excluding carboxylic acids is 1. The molecule has 0 bridgehead atoms. The first-order valence-electron chi connectivity index (χ1n) is 11.8. The Morgan fingerprint density at radius 3 is 2.47 bits per heavy atom. The molecule has 1 unspecified atom stereocenters. The average molecular weight is 481 g/mol. The van der Waals surface area contributed by atoms with Crippen LogP contribution in [0.3, 0.4) is 0 Å². The summed E-state index contributed by atoms with van der Waals surface area (Å²) >= 11 is 0. The highest BCUT2D eigenvalue weighted by molar-refractivity contribution is 5.87. The number of amides is 2. The number of allylic oxidation sites excluding steroid dienone is 1. The molecule has 0 saturated carbocycles. The van der Waals surface area contributed by atoms with Gasteiger partial charge >= 0.3 is 6.03 Å². The number of benzene rings is 3. The van der Waals surface area contributed by atoms with E-state index in [4.69, 9.17) is 14.2 Å². The second-order valence-corrected chi connectivity index (χ2v) is 9.03. The van der Waals surface area contributed by atoms with Crippen LogP contribution < -0.4 is 10.1 Å². The van der Waals surface area contributed by atoms with Gasteiger partial charge in [0.05, 0.1) is 25.3 Å².